The largest absolute Gasteiger partial charge is 0.423 e. The van der Waals surface area contributed by atoms with Gasteiger partial charge in [-0.05, 0) is 61.4 Å². The summed E-state index contributed by atoms with van der Waals surface area (Å²) in [5, 5.41) is 2.06. The Morgan fingerprint density at radius 2 is 2.04 bits per heavy atom. The Morgan fingerprint density at radius 1 is 1.21 bits per heavy atom. The second-order valence-corrected chi connectivity index (χ2v) is 8.75. The highest BCUT2D eigenvalue weighted by Gasteiger charge is 2.20. The first-order chi connectivity index (χ1) is 13.5. The number of benzene rings is 1. The zero-order valence-corrected chi connectivity index (χ0v) is 16.8. The van der Waals surface area contributed by atoms with Crippen LogP contribution in [0.1, 0.15) is 34.4 Å². The van der Waals surface area contributed by atoms with Crippen molar-refractivity contribution in [1.82, 2.24) is 9.55 Å². The molecule has 0 aliphatic heterocycles. The van der Waals surface area contributed by atoms with Crippen LogP contribution in [0.15, 0.2) is 38.5 Å². The fourth-order valence-corrected chi connectivity index (χ4v) is 5.34. The molecule has 0 fully saturated rings. The topological polar surface area (TPSA) is 65.1 Å². The molecule has 5 rings (SSSR count). The van der Waals surface area contributed by atoms with Gasteiger partial charge < -0.3 is 4.42 Å². The minimum atomic E-state index is -0.445. The average molecular weight is 413 g/mol. The molecule has 5 nitrogen and oxygen atoms in total. The van der Waals surface area contributed by atoms with E-state index in [2.05, 4.69) is 4.98 Å². The molecule has 0 spiro atoms. The normalized spacial score (nSPS) is 13.9. The zero-order valence-electron chi connectivity index (χ0n) is 15.3. The Labute approximate surface area is 169 Å². The standard InChI is InChI=1S/C21H17ClN2O3S/c1-11-6-16-14(8-15(11)22)12(7-18(25)27-16)9-24-10-23-20-19(21(24)26)13-4-2-3-5-17(13)28-20/h6-8,10H,2-5,9H2,1H3. The lowest BCUT2D eigenvalue weighted by molar-refractivity contribution is 0.557. The van der Waals surface area contributed by atoms with Crippen LogP contribution >= 0.6 is 22.9 Å². The van der Waals surface area contributed by atoms with Crippen LogP contribution in [0.4, 0.5) is 0 Å². The monoisotopic (exact) mass is 412 g/mol. The molecule has 0 unspecified atom stereocenters. The van der Waals surface area contributed by atoms with Gasteiger partial charge in [-0.25, -0.2) is 9.78 Å². The lowest BCUT2D eigenvalue weighted by atomic mass is 9.97. The van der Waals surface area contributed by atoms with Crippen LogP contribution < -0.4 is 11.2 Å². The van der Waals surface area contributed by atoms with Crippen LogP contribution in [0.5, 0.6) is 0 Å². The minimum absolute atomic E-state index is 0.0519. The molecule has 1 aromatic carbocycles. The summed E-state index contributed by atoms with van der Waals surface area (Å²) in [7, 11) is 0. The summed E-state index contributed by atoms with van der Waals surface area (Å²) in [4.78, 5) is 31.9. The molecular weight excluding hydrogens is 396 g/mol. The fourth-order valence-electron chi connectivity index (χ4n) is 3.96. The van der Waals surface area contributed by atoms with Crippen molar-refractivity contribution in [1.29, 1.82) is 0 Å². The van der Waals surface area contributed by atoms with Crippen molar-refractivity contribution in [2.45, 2.75) is 39.2 Å². The third-order valence-corrected chi connectivity index (χ3v) is 7.00. The molecule has 3 aromatic heterocycles. The molecule has 0 atom stereocenters. The number of fused-ring (bicyclic) bond motifs is 4. The third kappa shape index (κ3) is 2.79. The number of rotatable bonds is 2. The Hall–Kier alpha value is -2.44. The van der Waals surface area contributed by atoms with Gasteiger partial charge in [-0.1, -0.05) is 11.6 Å². The molecule has 4 aromatic rings. The maximum atomic E-state index is 13.2. The van der Waals surface area contributed by atoms with Crippen LogP contribution in [0, 0.1) is 6.92 Å². The molecule has 0 amide bonds. The molecule has 0 saturated carbocycles. The van der Waals surface area contributed by atoms with Gasteiger partial charge in [0.1, 0.15) is 10.4 Å². The number of aromatic nitrogens is 2. The van der Waals surface area contributed by atoms with E-state index in [-0.39, 0.29) is 12.1 Å². The summed E-state index contributed by atoms with van der Waals surface area (Å²) >= 11 is 7.91. The van der Waals surface area contributed by atoms with E-state index in [1.165, 1.54) is 17.4 Å². The summed E-state index contributed by atoms with van der Waals surface area (Å²) in [6.45, 7) is 2.10. The number of aryl methyl sites for hydroxylation is 3. The van der Waals surface area contributed by atoms with Gasteiger partial charge in [-0.2, -0.15) is 0 Å². The summed E-state index contributed by atoms with van der Waals surface area (Å²) in [6, 6.07) is 4.96. The molecule has 0 N–H and O–H groups in total. The summed E-state index contributed by atoms with van der Waals surface area (Å²) in [6.07, 6.45) is 5.80. The van der Waals surface area contributed by atoms with Crippen molar-refractivity contribution in [2.24, 2.45) is 0 Å². The molecule has 142 valence electrons. The Kier molecular flexibility index (Phi) is 4.14. The first kappa shape index (κ1) is 17.6. The second-order valence-electron chi connectivity index (χ2n) is 7.26. The SMILES string of the molecule is Cc1cc2oc(=O)cc(Cn3cnc4sc5c(c4c3=O)CCCC5)c2cc1Cl. The quantitative estimate of drug-likeness (QED) is 0.456. The van der Waals surface area contributed by atoms with Gasteiger partial charge >= 0.3 is 5.63 Å². The Balaban J connectivity index is 1.68. The van der Waals surface area contributed by atoms with Gasteiger partial charge in [0.05, 0.1) is 18.3 Å². The van der Waals surface area contributed by atoms with Gasteiger partial charge in [0, 0.05) is 21.4 Å². The summed E-state index contributed by atoms with van der Waals surface area (Å²) in [5.41, 5.74) is 2.66. The zero-order chi connectivity index (χ0) is 19.4. The Morgan fingerprint density at radius 3 is 2.89 bits per heavy atom. The van der Waals surface area contributed by atoms with Crippen molar-refractivity contribution in [3.63, 3.8) is 0 Å². The van der Waals surface area contributed by atoms with E-state index in [4.69, 9.17) is 16.0 Å². The summed E-state index contributed by atoms with van der Waals surface area (Å²) in [5.74, 6) is 0. The van der Waals surface area contributed by atoms with E-state index >= 15 is 0 Å². The van der Waals surface area contributed by atoms with Crippen LogP contribution in [0.2, 0.25) is 5.02 Å². The number of hydrogen-bond acceptors (Lipinski definition) is 5. The van der Waals surface area contributed by atoms with Gasteiger partial charge in [-0.15, -0.1) is 11.3 Å². The van der Waals surface area contributed by atoms with E-state index in [0.717, 1.165) is 46.0 Å². The Bertz CT molecular complexity index is 1370. The first-order valence-electron chi connectivity index (χ1n) is 9.24. The second kappa shape index (κ2) is 6.57. The predicted molar refractivity (Wildman–Crippen MR) is 112 cm³/mol. The summed E-state index contributed by atoms with van der Waals surface area (Å²) < 4.78 is 6.90. The van der Waals surface area contributed by atoms with Crippen molar-refractivity contribution in [3.8, 4) is 0 Å². The van der Waals surface area contributed by atoms with Crippen LogP contribution in [0.25, 0.3) is 21.2 Å². The van der Waals surface area contributed by atoms with E-state index in [1.807, 2.05) is 6.92 Å². The van der Waals surface area contributed by atoms with Crippen molar-refractivity contribution in [2.75, 3.05) is 0 Å². The van der Waals surface area contributed by atoms with Crippen LogP contribution in [0.3, 0.4) is 0 Å². The van der Waals surface area contributed by atoms with Gasteiger partial charge in [0.25, 0.3) is 5.56 Å². The van der Waals surface area contributed by atoms with E-state index < -0.39 is 5.63 Å². The molecule has 28 heavy (non-hydrogen) atoms. The third-order valence-electron chi connectivity index (χ3n) is 5.39. The molecule has 0 radical (unpaired) electrons. The van der Waals surface area contributed by atoms with Crippen LogP contribution in [-0.2, 0) is 19.4 Å². The maximum Gasteiger partial charge on any atom is 0.336 e. The number of thiophene rings is 1. The van der Waals surface area contributed by atoms with Crippen molar-refractivity contribution >= 4 is 44.1 Å². The first-order valence-corrected chi connectivity index (χ1v) is 10.4. The molecule has 7 heteroatoms. The van der Waals surface area contributed by atoms with Crippen LogP contribution in [-0.4, -0.2) is 9.55 Å². The molecular formula is C21H17ClN2O3S. The highest BCUT2D eigenvalue weighted by atomic mass is 35.5. The molecule has 3 heterocycles. The highest BCUT2D eigenvalue weighted by molar-refractivity contribution is 7.18. The maximum absolute atomic E-state index is 13.2. The molecule has 1 aliphatic carbocycles. The van der Waals surface area contributed by atoms with Gasteiger partial charge in [0.15, 0.2) is 0 Å². The van der Waals surface area contributed by atoms with E-state index in [1.54, 1.807) is 34.4 Å². The average Bonchev–Trinajstić information content (AvgIpc) is 3.05. The van der Waals surface area contributed by atoms with Crippen molar-refractivity contribution in [3.05, 3.63) is 71.9 Å². The molecule has 0 bridgehead atoms. The number of hydrogen-bond donors (Lipinski definition) is 0. The smallest absolute Gasteiger partial charge is 0.336 e. The lowest BCUT2D eigenvalue weighted by Crippen LogP contribution is -2.22. The number of halogens is 1. The molecule has 0 saturated heterocycles. The lowest BCUT2D eigenvalue weighted by Gasteiger charge is -2.11. The van der Waals surface area contributed by atoms with Crippen molar-refractivity contribution < 1.29 is 4.42 Å². The fraction of sp³-hybridized carbons (Fsp3) is 0.286. The molecule has 1 aliphatic rings. The van der Waals surface area contributed by atoms with Gasteiger partial charge in [-0.3, -0.25) is 9.36 Å². The van der Waals surface area contributed by atoms with Gasteiger partial charge in [0.2, 0.25) is 0 Å². The van der Waals surface area contributed by atoms with E-state index in [0.29, 0.717) is 16.2 Å². The predicted octanol–water partition coefficient (Wildman–Crippen LogP) is 4.45. The highest BCUT2D eigenvalue weighted by Crippen LogP contribution is 2.33. The minimum Gasteiger partial charge on any atom is -0.423 e. The van der Waals surface area contributed by atoms with E-state index in [9.17, 15) is 9.59 Å². The number of nitrogens with zero attached hydrogens (tertiary/aromatic N) is 2.